The summed E-state index contributed by atoms with van der Waals surface area (Å²) in [4.78, 5) is 22.7. The minimum atomic E-state index is -0.629. The maximum absolute atomic E-state index is 11.4. The number of methoxy groups -OCH3 is 1. The van der Waals surface area contributed by atoms with Crippen molar-refractivity contribution >= 4 is 22.7 Å². The number of carbonyl (C=O) groups excluding carboxylic acids is 2. The van der Waals surface area contributed by atoms with Crippen LogP contribution >= 0.6 is 0 Å². The monoisotopic (exact) mass is 234 g/mol. The fourth-order valence-electron chi connectivity index (χ4n) is 1.67. The Labute approximate surface area is 96.6 Å². The molecule has 0 aliphatic rings. The van der Waals surface area contributed by atoms with Crippen molar-refractivity contribution in [3.8, 4) is 5.75 Å². The third-order valence-electron chi connectivity index (χ3n) is 2.42. The first-order valence-corrected chi connectivity index (χ1v) is 4.89. The van der Waals surface area contributed by atoms with E-state index in [1.807, 2.05) is 0 Å². The lowest BCUT2D eigenvalue weighted by molar-refractivity contribution is 0.0567. The molecule has 0 fully saturated rings. The molecule has 0 amide bonds. The zero-order valence-electron chi connectivity index (χ0n) is 9.31. The minimum Gasteiger partial charge on any atom is -0.507 e. The average molecular weight is 234 g/mol. The van der Waals surface area contributed by atoms with Crippen LogP contribution in [0.5, 0.6) is 5.75 Å². The van der Waals surface area contributed by atoms with Gasteiger partial charge in [0.15, 0.2) is 5.78 Å². The number of phenolic OH excluding ortho intramolecular Hbond substituents is 1. The number of ketones is 1. The molecule has 2 aromatic rings. The molecule has 1 aromatic carbocycles. The molecule has 2 rings (SSSR count). The van der Waals surface area contributed by atoms with E-state index in [1.165, 1.54) is 32.2 Å². The van der Waals surface area contributed by atoms with Crippen molar-refractivity contribution in [2.45, 2.75) is 6.92 Å². The molecule has 0 spiro atoms. The molecule has 0 saturated heterocycles. The molecule has 0 bridgehead atoms. The smallest absolute Gasteiger partial charge is 0.373 e. The molecule has 0 radical (unpaired) electrons. The highest BCUT2D eigenvalue weighted by Crippen LogP contribution is 2.30. The van der Waals surface area contributed by atoms with Gasteiger partial charge in [-0.2, -0.15) is 0 Å². The standard InChI is InChI=1S/C12H10O5/c1-6(13)11-7-5-10(12(15)16-2)17-9(7)4-3-8(11)14/h3-5,14H,1-2H3. The van der Waals surface area contributed by atoms with Gasteiger partial charge in [-0.25, -0.2) is 4.79 Å². The van der Waals surface area contributed by atoms with Gasteiger partial charge in [-0.05, 0) is 19.1 Å². The van der Waals surface area contributed by atoms with Gasteiger partial charge in [0.1, 0.15) is 11.3 Å². The van der Waals surface area contributed by atoms with Crippen LogP contribution < -0.4 is 0 Å². The second-order valence-corrected chi connectivity index (χ2v) is 3.53. The van der Waals surface area contributed by atoms with E-state index in [9.17, 15) is 14.7 Å². The van der Waals surface area contributed by atoms with E-state index in [0.717, 1.165) is 0 Å². The molecule has 0 unspecified atom stereocenters. The van der Waals surface area contributed by atoms with Gasteiger partial charge in [0, 0.05) is 11.5 Å². The summed E-state index contributed by atoms with van der Waals surface area (Å²) < 4.78 is 9.74. The molecule has 1 heterocycles. The summed E-state index contributed by atoms with van der Waals surface area (Å²) in [6.07, 6.45) is 0. The molecular formula is C12H10O5. The van der Waals surface area contributed by atoms with Crippen LogP contribution in [-0.2, 0) is 4.74 Å². The zero-order chi connectivity index (χ0) is 12.6. The molecule has 0 atom stereocenters. The van der Waals surface area contributed by atoms with Crippen LogP contribution in [0.3, 0.4) is 0 Å². The predicted octanol–water partition coefficient (Wildman–Crippen LogP) is 2.13. The van der Waals surface area contributed by atoms with Crippen molar-refractivity contribution in [3.63, 3.8) is 0 Å². The topological polar surface area (TPSA) is 76.7 Å². The van der Waals surface area contributed by atoms with Crippen molar-refractivity contribution in [1.29, 1.82) is 0 Å². The maximum Gasteiger partial charge on any atom is 0.373 e. The van der Waals surface area contributed by atoms with Gasteiger partial charge in [0.2, 0.25) is 5.76 Å². The number of aromatic hydroxyl groups is 1. The lowest BCUT2D eigenvalue weighted by atomic mass is 10.1. The number of fused-ring (bicyclic) bond motifs is 1. The van der Waals surface area contributed by atoms with E-state index in [0.29, 0.717) is 11.0 Å². The van der Waals surface area contributed by atoms with Gasteiger partial charge >= 0.3 is 5.97 Å². The fourth-order valence-corrected chi connectivity index (χ4v) is 1.67. The number of rotatable bonds is 2. The van der Waals surface area contributed by atoms with Gasteiger partial charge in [0.05, 0.1) is 12.7 Å². The first-order valence-electron chi connectivity index (χ1n) is 4.89. The normalized spacial score (nSPS) is 10.5. The third-order valence-corrected chi connectivity index (χ3v) is 2.42. The number of benzene rings is 1. The number of esters is 1. The molecule has 0 aliphatic carbocycles. The number of phenols is 1. The van der Waals surface area contributed by atoms with Crippen LogP contribution in [0.25, 0.3) is 11.0 Å². The largest absolute Gasteiger partial charge is 0.507 e. The summed E-state index contributed by atoms with van der Waals surface area (Å²) in [5, 5.41) is 10.0. The lowest BCUT2D eigenvalue weighted by Gasteiger charge is -2.00. The van der Waals surface area contributed by atoms with E-state index in [-0.39, 0.29) is 22.9 Å². The van der Waals surface area contributed by atoms with Gasteiger partial charge in [-0.1, -0.05) is 0 Å². The number of Topliss-reactive ketones (excluding diaryl/α,β-unsaturated/α-hetero) is 1. The van der Waals surface area contributed by atoms with E-state index < -0.39 is 5.97 Å². The van der Waals surface area contributed by atoms with Crippen LogP contribution in [-0.4, -0.2) is 24.0 Å². The van der Waals surface area contributed by atoms with Crippen LogP contribution in [0.2, 0.25) is 0 Å². The SMILES string of the molecule is COC(=O)c1cc2c(C(C)=O)c(O)ccc2o1. The van der Waals surface area contributed by atoms with Gasteiger partial charge < -0.3 is 14.3 Å². The summed E-state index contributed by atoms with van der Waals surface area (Å²) in [6, 6.07) is 4.23. The molecule has 5 nitrogen and oxygen atoms in total. The van der Waals surface area contributed by atoms with Crippen molar-refractivity contribution in [2.24, 2.45) is 0 Å². The molecule has 1 N–H and O–H groups in total. The summed E-state index contributed by atoms with van der Waals surface area (Å²) >= 11 is 0. The summed E-state index contributed by atoms with van der Waals surface area (Å²) in [5.41, 5.74) is 0.495. The molecule has 17 heavy (non-hydrogen) atoms. The van der Waals surface area contributed by atoms with Gasteiger partial charge in [0.25, 0.3) is 0 Å². The predicted molar refractivity (Wildman–Crippen MR) is 59.2 cm³/mol. The summed E-state index contributed by atoms with van der Waals surface area (Å²) in [5.74, 6) is -1.07. The van der Waals surface area contributed by atoms with Gasteiger partial charge in [-0.15, -0.1) is 0 Å². The van der Waals surface area contributed by atoms with Crippen molar-refractivity contribution < 1.29 is 23.8 Å². The van der Waals surface area contributed by atoms with E-state index >= 15 is 0 Å². The molecule has 5 heteroatoms. The molecule has 88 valence electrons. The van der Waals surface area contributed by atoms with Crippen LogP contribution in [0.15, 0.2) is 22.6 Å². The zero-order valence-corrected chi connectivity index (χ0v) is 9.31. The van der Waals surface area contributed by atoms with Crippen LogP contribution in [0.1, 0.15) is 27.8 Å². The van der Waals surface area contributed by atoms with E-state index in [1.54, 1.807) is 0 Å². The average Bonchev–Trinajstić information content (AvgIpc) is 2.70. The molecule has 0 aliphatic heterocycles. The Balaban J connectivity index is 2.73. The number of ether oxygens (including phenoxy) is 1. The molecular weight excluding hydrogens is 224 g/mol. The Hall–Kier alpha value is -2.30. The minimum absolute atomic E-state index is 0.00407. The second kappa shape index (κ2) is 3.93. The Bertz CT molecular complexity index is 609. The van der Waals surface area contributed by atoms with Crippen LogP contribution in [0.4, 0.5) is 0 Å². The Kier molecular flexibility index (Phi) is 2.59. The van der Waals surface area contributed by atoms with E-state index in [2.05, 4.69) is 4.74 Å². The second-order valence-electron chi connectivity index (χ2n) is 3.53. The highest BCUT2D eigenvalue weighted by molar-refractivity contribution is 6.09. The van der Waals surface area contributed by atoms with Crippen molar-refractivity contribution in [3.05, 3.63) is 29.5 Å². The highest BCUT2D eigenvalue weighted by atomic mass is 16.5. The maximum atomic E-state index is 11.4. The quantitative estimate of drug-likeness (QED) is 0.636. The lowest BCUT2D eigenvalue weighted by Crippen LogP contribution is -1.98. The Morgan fingerprint density at radius 2 is 2.06 bits per heavy atom. The summed E-state index contributed by atoms with van der Waals surface area (Å²) in [7, 11) is 1.23. The van der Waals surface area contributed by atoms with Crippen molar-refractivity contribution in [2.75, 3.05) is 7.11 Å². The van der Waals surface area contributed by atoms with E-state index in [4.69, 9.17) is 4.42 Å². The number of furan rings is 1. The third kappa shape index (κ3) is 1.75. The first kappa shape index (κ1) is 11.2. The first-order chi connectivity index (χ1) is 8.04. The Morgan fingerprint density at radius 1 is 1.35 bits per heavy atom. The van der Waals surface area contributed by atoms with Gasteiger partial charge in [-0.3, -0.25) is 4.79 Å². The Morgan fingerprint density at radius 3 is 2.65 bits per heavy atom. The highest BCUT2D eigenvalue weighted by Gasteiger charge is 2.18. The molecule has 0 saturated carbocycles. The fraction of sp³-hybridized carbons (Fsp3) is 0.167. The summed E-state index contributed by atoms with van der Waals surface area (Å²) in [6.45, 7) is 1.33. The van der Waals surface area contributed by atoms with Crippen molar-refractivity contribution in [1.82, 2.24) is 0 Å². The number of hydrogen-bond donors (Lipinski definition) is 1. The number of carbonyl (C=O) groups is 2. The number of hydrogen-bond acceptors (Lipinski definition) is 5. The van der Waals surface area contributed by atoms with Crippen LogP contribution in [0, 0.1) is 0 Å². The molecule has 1 aromatic heterocycles.